The Kier molecular flexibility index (Phi) is 6.09. The number of nitrogens with one attached hydrogen (secondary N) is 1. The molecule has 1 heterocycles. The van der Waals surface area contributed by atoms with E-state index in [0.29, 0.717) is 26.2 Å². The van der Waals surface area contributed by atoms with E-state index in [2.05, 4.69) is 10.1 Å². The number of ether oxygens (including phenoxy) is 1. The van der Waals surface area contributed by atoms with Gasteiger partial charge < -0.3 is 10.1 Å². The zero-order valence-corrected chi connectivity index (χ0v) is 13.0. The van der Waals surface area contributed by atoms with Crippen molar-refractivity contribution in [3.8, 4) is 0 Å². The fraction of sp³-hybridized carbons (Fsp3) is 0.417. The number of sulfonamides is 1. The van der Waals surface area contributed by atoms with Crippen LogP contribution < -0.4 is 5.32 Å². The molecule has 0 atom stereocenters. The topological polar surface area (TPSA) is 75.7 Å². The maximum absolute atomic E-state index is 13.2. The highest BCUT2D eigenvalue weighted by Crippen LogP contribution is 2.22. The number of hydrogen-bond acceptors (Lipinski definition) is 5. The Morgan fingerprint density at radius 2 is 1.95 bits per heavy atom. The van der Waals surface area contributed by atoms with Gasteiger partial charge in [0.25, 0.3) is 0 Å². The van der Waals surface area contributed by atoms with E-state index in [1.165, 1.54) is 4.31 Å². The average molecular weight is 339 g/mol. The summed E-state index contributed by atoms with van der Waals surface area (Å²) in [7, 11) is -2.72. The minimum atomic E-state index is -3.84. The number of carbonyl (C=O) groups excluding carboxylic acids is 1. The number of halogens is 2. The molecule has 0 aliphatic carbocycles. The standard InChI is InChI=1S/C12H15FN2O4S.ClH/c1-19-12(16)10-8-9(13)2-3-11(10)20(17,18)15-6-4-14-5-7-15;/h2-3,8,14H,4-7H2,1H3;1H. The number of methoxy groups -OCH3 is 1. The number of benzene rings is 1. The van der Waals surface area contributed by atoms with Gasteiger partial charge in [0.15, 0.2) is 0 Å². The molecule has 0 spiro atoms. The minimum absolute atomic E-state index is 0. The van der Waals surface area contributed by atoms with Gasteiger partial charge in [0.2, 0.25) is 10.0 Å². The van der Waals surface area contributed by atoms with Crippen molar-refractivity contribution in [1.29, 1.82) is 0 Å². The van der Waals surface area contributed by atoms with Gasteiger partial charge in [-0.25, -0.2) is 17.6 Å². The lowest BCUT2D eigenvalue weighted by molar-refractivity contribution is 0.0595. The van der Waals surface area contributed by atoms with E-state index < -0.39 is 21.8 Å². The fourth-order valence-electron chi connectivity index (χ4n) is 2.02. The highest BCUT2D eigenvalue weighted by Gasteiger charge is 2.30. The van der Waals surface area contributed by atoms with Gasteiger partial charge in [-0.1, -0.05) is 0 Å². The highest BCUT2D eigenvalue weighted by molar-refractivity contribution is 7.89. The normalized spacial score (nSPS) is 16.1. The van der Waals surface area contributed by atoms with Gasteiger partial charge in [0.05, 0.1) is 17.6 Å². The van der Waals surface area contributed by atoms with E-state index in [4.69, 9.17) is 0 Å². The van der Waals surface area contributed by atoms with Crippen molar-refractivity contribution in [2.24, 2.45) is 0 Å². The van der Waals surface area contributed by atoms with Crippen molar-refractivity contribution in [3.63, 3.8) is 0 Å². The van der Waals surface area contributed by atoms with Gasteiger partial charge >= 0.3 is 5.97 Å². The maximum Gasteiger partial charge on any atom is 0.339 e. The molecule has 1 fully saturated rings. The largest absolute Gasteiger partial charge is 0.465 e. The molecular formula is C12H16ClFN2O4S. The number of piperazine rings is 1. The molecule has 0 unspecified atom stereocenters. The van der Waals surface area contributed by atoms with Crippen LogP contribution in [0.5, 0.6) is 0 Å². The van der Waals surface area contributed by atoms with Crippen LogP contribution in [0.3, 0.4) is 0 Å². The van der Waals surface area contributed by atoms with Crippen LogP contribution in [-0.4, -0.2) is 52.0 Å². The van der Waals surface area contributed by atoms with E-state index in [-0.39, 0.29) is 22.9 Å². The lowest BCUT2D eigenvalue weighted by atomic mass is 10.2. The van der Waals surface area contributed by atoms with Gasteiger partial charge in [-0.15, -0.1) is 12.4 Å². The van der Waals surface area contributed by atoms with Crippen molar-refractivity contribution in [1.82, 2.24) is 9.62 Å². The minimum Gasteiger partial charge on any atom is -0.465 e. The first-order valence-corrected chi connectivity index (χ1v) is 7.49. The summed E-state index contributed by atoms with van der Waals surface area (Å²) in [5.74, 6) is -1.57. The van der Waals surface area contributed by atoms with E-state index in [1.807, 2.05) is 0 Å². The van der Waals surface area contributed by atoms with Crippen molar-refractivity contribution in [3.05, 3.63) is 29.6 Å². The van der Waals surface area contributed by atoms with Crippen LogP contribution in [0.25, 0.3) is 0 Å². The molecule has 0 aromatic heterocycles. The summed E-state index contributed by atoms with van der Waals surface area (Å²) in [6, 6.07) is 2.99. The van der Waals surface area contributed by atoms with Crippen LogP contribution in [0, 0.1) is 5.82 Å². The molecule has 1 N–H and O–H groups in total. The van der Waals surface area contributed by atoms with Crippen molar-refractivity contribution in [2.45, 2.75) is 4.90 Å². The first-order valence-electron chi connectivity index (χ1n) is 6.05. The summed E-state index contributed by atoms with van der Waals surface area (Å²) in [5.41, 5.74) is -0.286. The van der Waals surface area contributed by atoms with Gasteiger partial charge in [-0.3, -0.25) is 0 Å². The average Bonchev–Trinajstić information content (AvgIpc) is 2.47. The smallest absolute Gasteiger partial charge is 0.339 e. The second-order valence-electron chi connectivity index (χ2n) is 4.29. The van der Waals surface area contributed by atoms with Crippen LogP contribution in [0.4, 0.5) is 4.39 Å². The molecule has 2 rings (SSSR count). The van der Waals surface area contributed by atoms with Crippen LogP contribution >= 0.6 is 12.4 Å². The quantitative estimate of drug-likeness (QED) is 0.818. The Bertz CT molecular complexity index is 618. The molecular weight excluding hydrogens is 323 g/mol. The molecule has 0 amide bonds. The van der Waals surface area contributed by atoms with Crippen molar-refractivity contribution >= 4 is 28.4 Å². The first kappa shape index (κ1) is 17.8. The van der Waals surface area contributed by atoms with E-state index >= 15 is 0 Å². The number of nitrogens with zero attached hydrogens (tertiary/aromatic N) is 1. The third-order valence-electron chi connectivity index (χ3n) is 3.04. The van der Waals surface area contributed by atoms with Gasteiger partial charge in [-0.05, 0) is 18.2 Å². The molecule has 6 nitrogen and oxygen atoms in total. The Morgan fingerprint density at radius 3 is 2.52 bits per heavy atom. The SMILES string of the molecule is COC(=O)c1cc(F)ccc1S(=O)(=O)N1CCNCC1.Cl. The van der Waals surface area contributed by atoms with E-state index in [0.717, 1.165) is 25.3 Å². The van der Waals surface area contributed by atoms with Crippen molar-refractivity contribution < 1.29 is 22.3 Å². The molecule has 21 heavy (non-hydrogen) atoms. The Morgan fingerprint density at radius 1 is 1.33 bits per heavy atom. The second-order valence-corrected chi connectivity index (χ2v) is 6.19. The molecule has 0 radical (unpaired) electrons. The van der Waals surface area contributed by atoms with Gasteiger partial charge in [-0.2, -0.15) is 4.31 Å². The first-order chi connectivity index (χ1) is 9.46. The monoisotopic (exact) mass is 338 g/mol. The lowest BCUT2D eigenvalue weighted by Crippen LogP contribution is -2.46. The molecule has 1 aromatic carbocycles. The number of hydrogen-bond donors (Lipinski definition) is 1. The summed E-state index contributed by atoms with van der Waals surface area (Å²) in [6.45, 7) is 1.68. The van der Waals surface area contributed by atoms with Crippen LogP contribution in [-0.2, 0) is 14.8 Å². The second kappa shape index (κ2) is 7.17. The molecule has 0 bridgehead atoms. The van der Waals surface area contributed by atoms with Crippen molar-refractivity contribution in [2.75, 3.05) is 33.3 Å². The van der Waals surface area contributed by atoms with Crippen LogP contribution in [0.15, 0.2) is 23.1 Å². The van der Waals surface area contributed by atoms with Crippen LogP contribution in [0.1, 0.15) is 10.4 Å². The molecule has 118 valence electrons. The predicted molar refractivity (Wildman–Crippen MR) is 76.6 cm³/mol. The maximum atomic E-state index is 13.2. The Balaban J connectivity index is 0.00000220. The third kappa shape index (κ3) is 3.70. The van der Waals surface area contributed by atoms with Gasteiger partial charge in [0, 0.05) is 26.2 Å². The predicted octanol–water partition coefficient (Wildman–Crippen LogP) is 0.628. The third-order valence-corrected chi connectivity index (χ3v) is 5.00. The van der Waals surface area contributed by atoms with Crippen LogP contribution in [0.2, 0.25) is 0 Å². The summed E-state index contributed by atoms with van der Waals surface area (Å²) in [5, 5.41) is 3.04. The Hall–Kier alpha value is -1.22. The number of carbonyl (C=O) groups is 1. The summed E-state index contributed by atoms with van der Waals surface area (Å²) < 4.78 is 44.0. The zero-order valence-electron chi connectivity index (χ0n) is 11.3. The summed E-state index contributed by atoms with van der Waals surface area (Å²) in [4.78, 5) is 11.4. The number of rotatable bonds is 3. The lowest BCUT2D eigenvalue weighted by Gasteiger charge is -2.27. The van der Waals surface area contributed by atoms with Gasteiger partial charge in [0.1, 0.15) is 5.82 Å². The zero-order chi connectivity index (χ0) is 14.8. The Labute approximate surface area is 128 Å². The number of esters is 1. The molecule has 9 heteroatoms. The molecule has 1 aromatic rings. The van der Waals surface area contributed by atoms with E-state index in [1.54, 1.807) is 0 Å². The fourth-order valence-corrected chi connectivity index (χ4v) is 3.62. The molecule has 1 aliphatic rings. The summed E-state index contributed by atoms with van der Waals surface area (Å²) >= 11 is 0. The summed E-state index contributed by atoms with van der Waals surface area (Å²) in [6.07, 6.45) is 0. The van der Waals surface area contributed by atoms with E-state index in [9.17, 15) is 17.6 Å². The molecule has 1 saturated heterocycles. The molecule has 1 aliphatic heterocycles. The highest BCUT2D eigenvalue weighted by atomic mass is 35.5. The molecule has 0 saturated carbocycles.